The molecule has 2 heteroatoms. The number of aromatic nitrogens is 2. The summed E-state index contributed by atoms with van der Waals surface area (Å²) in [5.41, 5.74) is 18.6. The second-order valence-corrected chi connectivity index (χ2v) is 15.7. The van der Waals surface area contributed by atoms with Crippen molar-refractivity contribution < 1.29 is 0 Å². The van der Waals surface area contributed by atoms with Crippen molar-refractivity contribution in [3.05, 3.63) is 243 Å². The summed E-state index contributed by atoms with van der Waals surface area (Å²) in [5.74, 6) is 0. The van der Waals surface area contributed by atoms with Gasteiger partial charge in [-0.25, -0.2) is 9.97 Å². The lowest BCUT2D eigenvalue weighted by atomic mass is 9.90. The van der Waals surface area contributed by atoms with E-state index in [1.807, 2.05) is 0 Å². The first-order valence-corrected chi connectivity index (χ1v) is 21.1. The average molecular weight is 789 g/mol. The minimum Gasteiger partial charge on any atom is -0.248 e. The third-order valence-corrected chi connectivity index (χ3v) is 11.9. The molecule has 11 aromatic rings. The van der Waals surface area contributed by atoms with Gasteiger partial charge in [0.1, 0.15) is 0 Å². The van der Waals surface area contributed by atoms with Crippen LogP contribution >= 0.6 is 0 Å². The lowest BCUT2D eigenvalue weighted by Gasteiger charge is -2.16. The lowest BCUT2D eigenvalue weighted by Crippen LogP contribution is -1.93. The van der Waals surface area contributed by atoms with Crippen molar-refractivity contribution in [1.29, 1.82) is 0 Å². The van der Waals surface area contributed by atoms with E-state index < -0.39 is 0 Å². The van der Waals surface area contributed by atoms with E-state index in [9.17, 15) is 0 Å². The average Bonchev–Trinajstić information content (AvgIpc) is 3.37. The minimum atomic E-state index is 0.930. The molecule has 2 aromatic heterocycles. The largest absolute Gasteiger partial charge is 0.248 e. The molecule has 62 heavy (non-hydrogen) atoms. The Morgan fingerprint density at radius 3 is 1.18 bits per heavy atom. The Labute approximate surface area is 362 Å². The monoisotopic (exact) mass is 788 g/mol. The molecule has 0 aliphatic heterocycles. The first-order chi connectivity index (χ1) is 30.7. The molecule has 2 heterocycles. The van der Waals surface area contributed by atoms with Gasteiger partial charge in [-0.1, -0.05) is 206 Å². The van der Waals surface area contributed by atoms with Crippen LogP contribution in [0.2, 0.25) is 0 Å². The zero-order valence-corrected chi connectivity index (χ0v) is 34.0. The van der Waals surface area contributed by atoms with Gasteiger partial charge < -0.3 is 0 Å². The molecule has 0 N–H and O–H groups in total. The topological polar surface area (TPSA) is 25.8 Å². The Balaban J connectivity index is 1.05. The van der Waals surface area contributed by atoms with Crippen molar-refractivity contribution >= 4 is 21.7 Å². The third-order valence-electron chi connectivity index (χ3n) is 11.9. The van der Waals surface area contributed by atoms with Crippen LogP contribution in [0.3, 0.4) is 0 Å². The van der Waals surface area contributed by atoms with Crippen LogP contribution in [0.25, 0.3) is 111 Å². The maximum Gasteiger partial charge on any atom is 0.0728 e. The Bertz CT molecular complexity index is 3260. The second-order valence-electron chi connectivity index (χ2n) is 15.7. The van der Waals surface area contributed by atoms with Crippen molar-refractivity contribution in [1.82, 2.24) is 9.97 Å². The van der Waals surface area contributed by atoms with Crippen molar-refractivity contribution in [3.63, 3.8) is 0 Å². The maximum absolute atomic E-state index is 5.35. The summed E-state index contributed by atoms with van der Waals surface area (Å²) in [6.45, 7) is 0. The van der Waals surface area contributed by atoms with Crippen molar-refractivity contribution in [3.8, 4) is 89.4 Å². The number of nitrogens with zero attached hydrogens (tertiary/aromatic N) is 2. The minimum absolute atomic E-state index is 0.930. The first kappa shape index (κ1) is 36.8. The molecule has 0 saturated heterocycles. The molecular formula is C60H40N2. The molecular weight excluding hydrogens is 749 g/mol. The zero-order chi connectivity index (χ0) is 41.2. The van der Waals surface area contributed by atoms with E-state index in [0.717, 1.165) is 78.1 Å². The Morgan fingerprint density at radius 1 is 0.210 bits per heavy atom. The van der Waals surface area contributed by atoms with Crippen LogP contribution in [0.15, 0.2) is 243 Å². The fraction of sp³-hybridized carbons (Fsp3) is 0. The fourth-order valence-corrected chi connectivity index (χ4v) is 8.76. The molecule has 2 nitrogen and oxygen atoms in total. The molecule has 290 valence electrons. The van der Waals surface area contributed by atoms with Crippen LogP contribution in [0.5, 0.6) is 0 Å². The number of hydrogen-bond donors (Lipinski definition) is 0. The Morgan fingerprint density at radius 2 is 0.613 bits per heavy atom. The summed E-state index contributed by atoms with van der Waals surface area (Å²) in [6.07, 6.45) is 0. The summed E-state index contributed by atoms with van der Waals surface area (Å²) in [4.78, 5) is 10.7. The van der Waals surface area contributed by atoms with Crippen molar-refractivity contribution in [2.24, 2.45) is 0 Å². The molecule has 0 amide bonds. The fourth-order valence-electron chi connectivity index (χ4n) is 8.76. The van der Waals surface area contributed by atoms with Gasteiger partial charge in [0, 0.05) is 22.1 Å². The molecule has 0 saturated carbocycles. The van der Waals surface area contributed by atoms with E-state index in [1.54, 1.807) is 0 Å². The molecule has 0 bridgehead atoms. The highest BCUT2D eigenvalue weighted by atomic mass is 14.7. The van der Waals surface area contributed by atoms with E-state index in [2.05, 4.69) is 243 Å². The summed E-state index contributed by atoms with van der Waals surface area (Å²) < 4.78 is 0. The molecule has 0 aliphatic rings. The van der Waals surface area contributed by atoms with Gasteiger partial charge in [0.2, 0.25) is 0 Å². The predicted molar refractivity (Wildman–Crippen MR) is 261 cm³/mol. The quantitative estimate of drug-likeness (QED) is 0.143. The van der Waals surface area contributed by atoms with E-state index in [0.29, 0.717) is 0 Å². The normalized spacial score (nSPS) is 11.2. The molecule has 0 spiro atoms. The molecule has 0 unspecified atom stereocenters. The number of fused-ring (bicyclic) bond motifs is 3. The van der Waals surface area contributed by atoms with Crippen LogP contribution in [-0.2, 0) is 0 Å². The van der Waals surface area contributed by atoms with Gasteiger partial charge >= 0.3 is 0 Å². The predicted octanol–water partition coefficient (Wildman–Crippen LogP) is 16.1. The summed E-state index contributed by atoms with van der Waals surface area (Å²) in [5, 5.41) is 3.55. The molecule has 0 atom stereocenters. The molecule has 0 radical (unpaired) electrons. The molecule has 11 rings (SSSR count). The van der Waals surface area contributed by atoms with Gasteiger partial charge in [-0.15, -0.1) is 0 Å². The standard InChI is InChI=1S/C60H40N2/c1-5-17-41(18-6-1)47-25-15-27-49(35-47)56-37-51(38-57(61-56)50-28-16-26-48(36-50)42-19-7-2-8-20-42)43-31-33-45(34-32-43)54-39-59-60(53-30-14-13-29-52(53)54)55(44-21-9-3-10-22-44)40-58(62-59)46-23-11-4-12-24-46/h1-40H. The van der Waals surface area contributed by atoms with E-state index in [4.69, 9.17) is 9.97 Å². The van der Waals surface area contributed by atoms with Crippen LogP contribution in [0.4, 0.5) is 0 Å². The molecule has 0 fully saturated rings. The number of pyridine rings is 2. The van der Waals surface area contributed by atoms with Gasteiger partial charge in [-0.2, -0.15) is 0 Å². The van der Waals surface area contributed by atoms with Crippen LogP contribution < -0.4 is 0 Å². The summed E-state index contributed by atoms with van der Waals surface area (Å²) >= 11 is 0. The SMILES string of the molecule is c1ccc(-c2cccc(-c3cc(-c4ccc(-c5cc6nc(-c7ccccc7)cc(-c7ccccc7)c6c6ccccc56)cc4)cc(-c4cccc(-c5ccccc5)c4)n3)c2)cc1. The van der Waals surface area contributed by atoms with Gasteiger partial charge in [0.05, 0.1) is 22.6 Å². The summed E-state index contributed by atoms with van der Waals surface area (Å²) in [7, 11) is 0. The van der Waals surface area contributed by atoms with Crippen molar-refractivity contribution in [2.45, 2.75) is 0 Å². The smallest absolute Gasteiger partial charge is 0.0728 e. The van der Waals surface area contributed by atoms with Crippen LogP contribution in [0, 0.1) is 0 Å². The molecule has 9 aromatic carbocycles. The lowest BCUT2D eigenvalue weighted by molar-refractivity contribution is 1.32. The Hall–Kier alpha value is -8.20. The third kappa shape index (κ3) is 7.14. The highest BCUT2D eigenvalue weighted by molar-refractivity contribution is 6.18. The highest BCUT2D eigenvalue weighted by Gasteiger charge is 2.17. The van der Waals surface area contributed by atoms with Crippen LogP contribution in [-0.4, -0.2) is 9.97 Å². The van der Waals surface area contributed by atoms with Gasteiger partial charge in [-0.3, -0.25) is 0 Å². The van der Waals surface area contributed by atoms with E-state index >= 15 is 0 Å². The van der Waals surface area contributed by atoms with E-state index in [-0.39, 0.29) is 0 Å². The second kappa shape index (κ2) is 16.1. The first-order valence-electron chi connectivity index (χ1n) is 21.1. The number of hydrogen-bond acceptors (Lipinski definition) is 2. The van der Waals surface area contributed by atoms with Gasteiger partial charge in [0.15, 0.2) is 0 Å². The number of benzene rings is 9. The van der Waals surface area contributed by atoms with Crippen LogP contribution in [0.1, 0.15) is 0 Å². The van der Waals surface area contributed by atoms with Gasteiger partial charge in [-0.05, 0) is 103 Å². The van der Waals surface area contributed by atoms with Gasteiger partial charge in [0.25, 0.3) is 0 Å². The maximum atomic E-state index is 5.35. The zero-order valence-electron chi connectivity index (χ0n) is 34.0. The summed E-state index contributed by atoms with van der Waals surface area (Å²) in [6, 6.07) is 86.5. The number of rotatable bonds is 8. The Kier molecular flexibility index (Phi) is 9.57. The highest BCUT2D eigenvalue weighted by Crippen LogP contribution is 2.42. The van der Waals surface area contributed by atoms with E-state index in [1.165, 1.54) is 33.0 Å². The molecule has 0 aliphatic carbocycles. The van der Waals surface area contributed by atoms with Crippen molar-refractivity contribution in [2.75, 3.05) is 0 Å².